The number of thiazole rings is 2. The first-order valence-electron chi connectivity index (χ1n) is 5.77. The second kappa shape index (κ2) is 7.45. The van der Waals surface area contributed by atoms with Crippen molar-refractivity contribution in [1.29, 1.82) is 0 Å². The minimum absolute atomic E-state index is 0.0596. The fourth-order valence-electron chi connectivity index (χ4n) is 1.41. The molecule has 2 aromatic rings. The third kappa shape index (κ3) is 4.72. The van der Waals surface area contributed by atoms with Crippen LogP contribution >= 0.6 is 22.7 Å². The lowest BCUT2D eigenvalue weighted by Gasteiger charge is -1.87. The van der Waals surface area contributed by atoms with E-state index in [1.807, 2.05) is 26.2 Å². The van der Waals surface area contributed by atoms with Gasteiger partial charge < -0.3 is 10.1 Å². The molecule has 100 valence electrons. The highest BCUT2D eigenvalue weighted by Gasteiger charge is 1.98. The van der Waals surface area contributed by atoms with E-state index in [0.29, 0.717) is 6.42 Å². The van der Waals surface area contributed by atoms with E-state index < -0.39 is 0 Å². The zero-order chi connectivity index (χ0) is 13.5. The summed E-state index contributed by atoms with van der Waals surface area (Å²) in [6.45, 7) is 6.15. The number of H-pyrrole nitrogens is 1. The Kier molecular flexibility index (Phi) is 6.24. The van der Waals surface area contributed by atoms with E-state index in [9.17, 15) is 4.79 Å². The summed E-state index contributed by atoms with van der Waals surface area (Å²) < 4.78 is 0. The molecule has 0 amide bonds. The molecular formula is C12H18N2O2S2. The summed E-state index contributed by atoms with van der Waals surface area (Å²) >= 11 is 2.90. The molecule has 0 radical (unpaired) electrons. The Morgan fingerprint density at radius 3 is 2.50 bits per heavy atom. The molecule has 2 aromatic heterocycles. The van der Waals surface area contributed by atoms with Gasteiger partial charge in [0.15, 0.2) is 0 Å². The standard InChI is InChI=1S/2C6H9NOS/c1-5-7-6(2-3-8)4-9-5;1-3-5-4(2)9-6(8)7-5/h4,8H,2-3H2,1H3;3H2,1-2H3,(H,7,8). The number of aliphatic hydroxyl groups is 1. The van der Waals surface area contributed by atoms with Crippen molar-refractivity contribution in [2.24, 2.45) is 0 Å². The highest BCUT2D eigenvalue weighted by molar-refractivity contribution is 7.09. The Balaban J connectivity index is 0.000000180. The summed E-state index contributed by atoms with van der Waals surface area (Å²) in [4.78, 5) is 18.7. The molecular weight excluding hydrogens is 268 g/mol. The zero-order valence-corrected chi connectivity index (χ0v) is 12.5. The van der Waals surface area contributed by atoms with E-state index in [4.69, 9.17) is 5.11 Å². The van der Waals surface area contributed by atoms with Gasteiger partial charge in [-0.05, 0) is 20.3 Å². The van der Waals surface area contributed by atoms with E-state index in [2.05, 4.69) is 9.97 Å². The van der Waals surface area contributed by atoms with Crippen molar-refractivity contribution in [3.05, 3.63) is 36.3 Å². The van der Waals surface area contributed by atoms with Gasteiger partial charge in [-0.3, -0.25) is 4.79 Å². The van der Waals surface area contributed by atoms with Gasteiger partial charge in [-0.25, -0.2) is 4.98 Å². The van der Waals surface area contributed by atoms with Crippen LogP contribution in [0.2, 0.25) is 0 Å². The predicted molar refractivity (Wildman–Crippen MR) is 76.7 cm³/mol. The Morgan fingerprint density at radius 2 is 2.17 bits per heavy atom. The molecule has 0 aliphatic carbocycles. The van der Waals surface area contributed by atoms with Crippen molar-refractivity contribution in [2.45, 2.75) is 33.6 Å². The van der Waals surface area contributed by atoms with E-state index in [0.717, 1.165) is 27.7 Å². The molecule has 0 unspecified atom stereocenters. The lowest BCUT2D eigenvalue weighted by atomic mass is 10.3. The van der Waals surface area contributed by atoms with E-state index in [1.54, 1.807) is 11.3 Å². The van der Waals surface area contributed by atoms with Gasteiger partial charge in [0, 0.05) is 29.0 Å². The first-order valence-corrected chi connectivity index (χ1v) is 7.46. The van der Waals surface area contributed by atoms with Crippen LogP contribution in [0, 0.1) is 13.8 Å². The van der Waals surface area contributed by atoms with E-state index in [1.165, 1.54) is 11.3 Å². The number of aromatic amines is 1. The van der Waals surface area contributed by atoms with Crippen molar-refractivity contribution < 1.29 is 5.11 Å². The molecule has 0 bridgehead atoms. The molecule has 2 heterocycles. The van der Waals surface area contributed by atoms with E-state index >= 15 is 0 Å². The number of hydrogen-bond acceptors (Lipinski definition) is 5. The van der Waals surface area contributed by atoms with Gasteiger partial charge in [-0.2, -0.15) is 0 Å². The maximum atomic E-state index is 10.6. The van der Waals surface area contributed by atoms with Gasteiger partial charge >= 0.3 is 4.87 Å². The topological polar surface area (TPSA) is 66.0 Å². The molecule has 6 heteroatoms. The predicted octanol–water partition coefficient (Wildman–Crippen LogP) is 2.29. The summed E-state index contributed by atoms with van der Waals surface area (Å²) in [5.74, 6) is 0. The van der Waals surface area contributed by atoms with Crippen LogP contribution in [-0.2, 0) is 12.8 Å². The molecule has 18 heavy (non-hydrogen) atoms. The summed E-state index contributed by atoms with van der Waals surface area (Å²) in [6.07, 6.45) is 1.61. The van der Waals surface area contributed by atoms with Crippen LogP contribution in [0.4, 0.5) is 0 Å². The Bertz CT molecular complexity index is 528. The number of aromatic nitrogens is 2. The van der Waals surface area contributed by atoms with Crippen LogP contribution in [0.3, 0.4) is 0 Å². The van der Waals surface area contributed by atoms with E-state index in [-0.39, 0.29) is 11.5 Å². The fourth-order valence-corrected chi connectivity index (χ4v) is 2.83. The van der Waals surface area contributed by atoms with Crippen molar-refractivity contribution in [3.63, 3.8) is 0 Å². The number of nitrogens with zero attached hydrogens (tertiary/aromatic N) is 1. The molecule has 0 aliphatic heterocycles. The molecule has 2 rings (SSSR count). The van der Waals surface area contributed by atoms with Crippen LogP contribution in [0.25, 0.3) is 0 Å². The minimum Gasteiger partial charge on any atom is -0.396 e. The number of nitrogens with one attached hydrogen (secondary N) is 1. The fraction of sp³-hybridized carbons (Fsp3) is 0.500. The van der Waals surface area contributed by atoms with Gasteiger partial charge in [0.1, 0.15) is 0 Å². The Morgan fingerprint density at radius 1 is 1.44 bits per heavy atom. The lowest BCUT2D eigenvalue weighted by Crippen LogP contribution is -1.93. The molecule has 2 N–H and O–H groups in total. The van der Waals surface area contributed by atoms with Gasteiger partial charge in [-0.15, -0.1) is 11.3 Å². The SMILES string of the molecule is CCc1[nH]c(=O)sc1C.Cc1nc(CCO)cs1. The third-order valence-electron chi connectivity index (χ3n) is 2.31. The Hall–Kier alpha value is -0.980. The molecule has 0 aliphatic rings. The number of aliphatic hydroxyl groups excluding tert-OH is 1. The van der Waals surface area contributed by atoms with Crippen molar-refractivity contribution in [1.82, 2.24) is 9.97 Å². The van der Waals surface area contributed by atoms with Crippen LogP contribution < -0.4 is 4.87 Å². The van der Waals surface area contributed by atoms with Crippen LogP contribution in [0.15, 0.2) is 10.2 Å². The quantitative estimate of drug-likeness (QED) is 0.910. The maximum Gasteiger partial charge on any atom is 0.304 e. The van der Waals surface area contributed by atoms with Crippen molar-refractivity contribution in [2.75, 3.05) is 6.61 Å². The average molecular weight is 286 g/mol. The molecule has 4 nitrogen and oxygen atoms in total. The zero-order valence-electron chi connectivity index (χ0n) is 10.8. The average Bonchev–Trinajstić information content (AvgIpc) is 2.86. The number of hydrogen-bond donors (Lipinski definition) is 2. The normalized spacial score (nSPS) is 10.0. The van der Waals surface area contributed by atoms with Crippen LogP contribution in [-0.4, -0.2) is 21.7 Å². The summed E-state index contributed by atoms with van der Waals surface area (Å²) in [5, 5.41) is 11.5. The first kappa shape index (κ1) is 15.1. The van der Waals surface area contributed by atoms with Gasteiger partial charge in [-0.1, -0.05) is 18.3 Å². The van der Waals surface area contributed by atoms with Crippen molar-refractivity contribution >= 4 is 22.7 Å². The number of rotatable bonds is 3. The molecule has 0 atom stereocenters. The van der Waals surface area contributed by atoms with Crippen molar-refractivity contribution in [3.8, 4) is 0 Å². The minimum atomic E-state index is 0.0596. The van der Waals surface area contributed by atoms with Crippen LogP contribution in [0.5, 0.6) is 0 Å². The molecule has 0 fully saturated rings. The Labute approximate surface area is 114 Å². The maximum absolute atomic E-state index is 10.6. The molecule has 0 saturated heterocycles. The van der Waals surface area contributed by atoms with Gasteiger partial charge in [0.05, 0.1) is 10.7 Å². The molecule has 0 spiro atoms. The largest absolute Gasteiger partial charge is 0.396 e. The third-order valence-corrected chi connectivity index (χ3v) is 3.97. The monoisotopic (exact) mass is 286 g/mol. The second-order valence-electron chi connectivity index (χ2n) is 3.73. The molecule has 0 aromatic carbocycles. The second-order valence-corrected chi connectivity index (χ2v) is 5.98. The smallest absolute Gasteiger partial charge is 0.304 e. The highest BCUT2D eigenvalue weighted by atomic mass is 32.1. The highest BCUT2D eigenvalue weighted by Crippen LogP contribution is 2.07. The first-order chi connectivity index (χ1) is 8.56. The van der Waals surface area contributed by atoms with Gasteiger partial charge in [0.2, 0.25) is 0 Å². The van der Waals surface area contributed by atoms with Crippen LogP contribution in [0.1, 0.15) is 28.2 Å². The summed E-state index contributed by atoms with van der Waals surface area (Å²) in [5.41, 5.74) is 2.07. The lowest BCUT2D eigenvalue weighted by molar-refractivity contribution is 0.298. The van der Waals surface area contributed by atoms with Gasteiger partial charge in [0.25, 0.3) is 0 Å². The summed E-state index contributed by atoms with van der Waals surface area (Å²) in [6, 6.07) is 0. The summed E-state index contributed by atoms with van der Waals surface area (Å²) in [7, 11) is 0. The molecule has 0 saturated carbocycles. The number of aryl methyl sites for hydroxylation is 3.